The van der Waals surface area contributed by atoms with Gasteiger partial charge in [0.2, 0.25) is 10.0 Å². The number of nitrogens with two attached hydrogens (primary N) is 1. The topological polar surface area (TPSA) is 73.1 Å². The van der Waals surface area contributed by atoms with Crippen LogP contribution in [0.4, 0.5) is 0 Å². The Balaban J connectivity index is 2.01. The molecule has 0 aliphatic heterocycles. The molecule has 0 radical (unpaired) electrons. The average molecular weight is 335 g/mol. The lowest BCUT2D eigenvalue weighted by Crippen LogP contribution is -2.11. The minimum atomic E-state index is -3.66. The van der Waals surface area contributed by atoms with Gasteiger partial charge in [-0.1, -0.05) is 23.7 Å². The molecule has 1 aromatic carbocycles. The maximum atomic E-state index is 11.3. The van der Waals surface area contributed by atoms with E-state index in [4.69, 9.17) is 16.7 Å². The van der Waals surface area contributed by atoms with Gasteiger partial charge in [-0.25, -0.2) is 13.6 Å². The minimum Gasteiger partial charge on any atom is -0.255 e. The van der Waals surface area contributed by atoms with Gasteiger partial charge in [-0.15, -0.1) is 0 Å². The van der Waals surface area contributed by atoms with E-state index >= 15 is 0 Å². The summed E-state index contributed by atoms with van der Waals surface area (Å²) in [6, 6.07) is 10.4. The third-order valence-electron chi connectivity index (χ3n) is 3.79. The van der Waals surface area contributed by atoms with Gasteiger partial charge in [0.25, 0.3) is 0 Å². The first-order valence-corrected chi connectivity index (χ1v) is 8.85. The predicted molar refractivity (Wildman–Crippen MR) is 87.7 cm³/mol. The largest absolute Gasteiger partial charge is 0.255 e. The number of sulfonamides is 1. The van der Waals surface area contributed by atoms with Crippen LogP contribution in [0.25, 0.3) is 11.1 Å². The van der Waals surface area contributed by atoms with Crippen molar-refractivity contribution in [2.24, 2.45) is 5.14 Å². The molecule has 6 heteroatoms. The summed E-state index contributed by atoms with van der Waals surface area (Å²) >= 11 is 5.88. The Hall–Kier alpha value is -1.69. The quantitative estimate of drug-likeness (QED) is 0.933. The molecule has 0 saturated carbocycles. The van der Waals surface area contributed by atoms with Crippen LogP contribution in [0.5, 0.6) is 0 Å². The molecule has 22 heavy (non-hydrogen) atoms. The molecule has 1 aliphatic carbocycles. The highest BCUT2D eigenvalue weighted by molar-refractivity contribution is 7.89. The van der Waals surface area contributed by atoms with E-state index < -0.39 is 10.0 Å². The van der Waals surface area contributed by atoms with Crippen molar-refractivity contribution < 1.29 is 8.42 Å². The zero-order chi connectivity index (χ0) is 15.7. The number of allylic oxidation sites excluding steroid dienone is 2. The van der Waals surface area contributed by atoms with Gasteiger partial charge in [0.15, 0.2) is 0 Å². The number of aromatic nitrogens is 1. The van der Waals surface area contributed by atoms with Gasteiger partial charge < -0.3 is 0 Å². The maximum Gasteiger partial charge on any atom is 0.238 e. The monoisotopic (exact) mass is 334 g/mol. The van der Waals surface area contributed by atoms with Crippen LogP contribution in [0.2, 0.25) is 5.02 Å². The van der Waals surface area contributed by atoms with E-state index in [1.165, 1.54) is 11.1 Å². The van der Waals surface area contributed by atoms with Gasteiger partial charge in [-0.3, -0.25) is 4.98 Å². The fourth-order valence-electron chi connectivity index (χ4n) is 2.75. The molecule has 1 aliphatic rings. The van der Waals surface area contributed by atoms with Crippen molar-refractivity contribution in [3.05, 3.63) is 58.9 Å². The van der Waals surface area contributed by atoms with Crippen molar-refractivity contribution in [3.8, 4) is 0 Å². The van der Waals surface area contributed by atoms with E-state index in [9.17, 15) is 8.42 Å². The molecule has 0 amide bonds. The lowest BCUT2D eigenvalue weighted by atomic mass is 10.00. The second kappa shape index (κ2) is 5.83. The smallest absolute Gasteiger partial charge is 0.238 e. The van der Waals surface area contributed by atoms with Gasteiger partial charge >= 0.3 is 0 Å². The van der Waals surface area contributed by atoms with Crippen LogP contribution in [-0.2, 0) is 10.0 Å². The molecule has 2 N–H and O–H groups in total. The molecule has 0 fully saturated rings. The van der Waals surface area contributed by atoms with Crippen molar-refractivity contribution in [2.75, 3.05) is 0 Å². The molecule has 1 heterocycles. The molecular formula is C16H15ClN2O2S. The van der Waals surface area contributed by atoms with Crippen molar-refractivity contribution in [1.29, 1.82) is 0 Å². The van der Waals surface area contributed by atoms with Gasteiger partial charge in [-0.2, -0.15) is 0 Å². The zero-order valence-corrected chi connectivity index (χ0v) is 13.4. The summed E-state index contributed by atoms with van der Waals surface area (Å²) in [5.41, 5.74) is 4.33. The second-order valence-corrected chi connectivity index (χ2v) is 7.24. The van der Waals surface area contributed by atoms with Crippen molar-refractivity contribution in [2.45, 2.75) is 24.2 Å². The number of primary sulfonamides is 1. The Morgan fingerprint density at radius 3 is 2.27 bits per heavy atom. The Morgan fingerprint density at radius 1 is 1.00 bits per heavy atom. The first-order valence-electron chi connectivity index (χ1n) is 6.92. The summed E-state index contributed by atoms with van der Waals surface area (Å²) in [6.07, 6.45) is 4.62. The van der Waals surface area contributed by atoms with Crippen molar-refractivity contribution in [1.82, 2.24) is 4.98 Å². The molecule has 0 spiro atoms. The highest BCUT2D eigenvalue weighted by Gasteiger charge is 2.19. The molecule has 0 atom stereocenters. The zero-order valence-electron chi connectivity index (χ0n) is 11.8. The van der Waals surface area contributed by atoms with E-state index in [2.05, 4.69) is 4.98 Å². The van der Waals surface area contributed by atoms with Crippen LogP contribution in [0.15, 0.2) is 47.5 Å². The molecular weight excluding hydrogens is 320 g/mol. The van der Waals surface area contributed by atoms with Crippen LogP contribution >= 0.6 is 11.6 Å². The van der Waals surface area contributed by atoms with Crippen LogP contribution in [0.1, 0.15) is 30.5 Å². The number of rotatable bonds is 3. The number of hydrogen-bond acceptors (Lipinski definition) is 3. The fraction of sp³-hybridized carbons (Fsp3) is 0.188. The molecule has 0 saturated heterocycles. The number of nitrogens with zero attached hydrogens (tertiary/aromatic N) is 1. The van der Waals surface area contributed by atoms with Crippen LogP contribution in [-0.4, -0.2) is 13.4 Å². The third-order valence-corrected chi connectivity index (χ3v) is 4.94. The number of benzene rings is 1. The van der Waals surface area contributed by atoms with Gasteiger partial charge in [0.1, 0.15) is 0 Å². The van der Waals surface area contributed by atoms with E-state index in [0.717, 1.165) is 30.5 Å². The van der Waals surface area contributed by atoms with Gasteiger partial charge in [0.05, 0.1) is 15.6 Å². The average Bonchev–Trinajstić information content (AvgIpc) is 2.97. The van der Waals surface area contributed by atoms with E-state index in [1.54, 1.807) is 30.5 Å². The van der Waals surface area contributed by atoms with Crippen LogP contribution < -0.4 is 5.14 Å². The molecule has 0 bridgehead atoms. The summed E-state index contributed by atoms with van der Waals surface area (Å²) < 4.78 is 22.7. The summed E-state index contributed by atoms with van der Waals surface area (Å²) in [5.74, 6) is 0. The first-order chi connectivity index (χ1) is 10.4. The minimum absolute atomic E-state index is 0.126. The Bertz CT molecular complexity index is 825. The Kier molecular flexibility index (Phi) is 4.04. The Labute approximate surface area is 134 Å². The van der Waals surface area contributed by atoms with Crippen LogP contribution in [0.3, 0.4) is 0 Å². The normalized spacial score (nSPS) is 15.4. The SMILES string of the molecule is NS(=O)(=O)c1ccc(C2=C(c3ccc(Cl)cn3)CCC2)cc1. The molecule has 0 unspecified atom stereocenters. The van der Waals surface area contributed by atoms with Crippen LogP contribution in [0, 0.1) is 0 Å². The van der Waals surface area contributed by atoms with E-state index in [0.29, 0.717) is 5.02 Å². The number of pyridine rings is 1. The summed E-state index contributed by atoms with van der Waals surface area (Å²) in [6.45, 7) is 0. The molecule has 1 aromatic heterocycles. The lowest BCUT2D eigenvalue weighted by Gasteiger charge is -2.08. The number of halogens is 1. The van der Waals surface area contributed by atoms with Gasteiger partial charge in [0, 0.05) is 6.20 Å². The van der Waals surface area contributed by atoms with E-state index in [1.807, 2.05) is 12.1 Å². The molecule has 4 nitrogen and oxygen atoms in total. The van der Waals surface area contributed by atoms with Crippen molar-refractivity contribution in [3.63, 3.8) is 0 Å². The molecule has 114 valence electrons. The summed E-state index contributed by atoms with van der Waals surface area (Å²) in [4.78, 5) is 4.51. The maximum absolute atomic E-state index is 11.3. The predicted octanol–water partition coefficient (Wildman–Crippen LogP) is 3.48. The highest BCUT2D eigenvalue weighted by atomic mass is 35.5. The number of hydrogen-bond donors (Lipinski definition) is 1. The highest BCUT2D eigenvalue weighted by Crippen LogP contribution is 2.39. The lowest BCUT2D eigenvalue weighted by molar-refractivity contribution is 0.598. The molecule has 2 aromatic rings. The third kappa shape index (κ3) is 3.06. The Morgan fingerprint density at radius 2 is 1.68 bits per heavy atom. The standard InChI is InChI=1S/C16H15ClN2O2S/c17-12-6-9-16(19-10-12)15-3-1-2-14(15)11-4-7-13(8-5-11)22(18,20)21/h4-10H,1-3H2,(H2,18,20,21). The van der Waals surface area contributed by atoms with Crippen molar-refractivity contribution >= 4 is 32.8 Å². The second-order valence-electron chi connectivity index (χ2n) is 5.24. The fourth-order valence-corrected chi connectivity index (χ4v) is 3.37. The summed E-state index contributed by atoms with van der Waals surface area (Å²) in [7, 11) is -3.66. The summed E-state index contributed by atoms with van der Waals surface area (Å²) in [5, 5.41) is 5.74. The van der Waals surface area contributed by atoms with Gasteiger partial charge in [-0.05, 0) is 60.2 Å². The molecule has 3 rings (SSSR count). The van der Waals surface area contributed by atoms with E-state index in [-0.39, 0.29) is 4.90 Å². The first kappa shape index (κ1) is 15.2.